The monoisotopic (exact) mass is 482 g/mol. The molecule has 178 valence electrons. The Bertz CT molecular complexity index is 1260. The molecule has 1 saturated heterocycles. The van der Waals surface area contributed by atoms with Crippen LogP contribution in [-0.4, -0.2) is 49.0 Å². The molecule has 0 radical (unpaired) electrons. The summed E-state index contributed by atoms with van der Waals surface area (Å²) in [4.78, 5) is 17.3. The largest absolute Gasteiger partial charge is 0.497 e. The van der Waals surface area contributed by atoms with E-state index in [9.17, 15) is 13.2 Å². The highest BCUT2D eigenvalue weighted by molar-refractivity contribution is 7.89. The minimum atomic E-state index is -3.65. The first kappa shape index (κ1) is 22.5. The minimum Gasteiger partial charge on any atom is -0.497 e. The molecule has 10 heteroatoms. The SMILES string of the molecule is COc1ccc(NC(=O)C2CCN(S(=O)(=O)c3ccc(-c4noc(C5CC5)n4)cc3)CC2)cc1. The third-order valence-corrected chi connectivity index (χ3v) is 8.21. The van der Waals surface area contributed by atoms with Gasteiger partial charge in [0.15, 0.2) is 0 Å². The Labute approximate surface area is 198 Å². The molecule has 2 fully saturated rings. The van der Waals surface area contributed by atoms with Crippen LogP contribution in [-0.2, 0) is 14.8 Å². The fourth-order valence-electron chi connectivity index (χ4n) is 4.05. The van der Waals surface area contributed by atoms with Gasteiger partial charge in [0.2, 0.25) is 27.6 Å². The molecule has 0 unspecified atom stereocenters. The second kappa shape index (κ2) is 9.19. The lowest BCUT2D eigenvalue weighted by molar-refractivity contribution is -0.120. The predicted molar refractivity (Wildman–Crippen MR) is 125 cm³/mol. The molecule has 1 aliphatic carbocycles. The molecule has 0 spiro atoms. The Balaban J connectivity index is 1.19. The number of nitrogens with zero attached hydrogens (tertiary/aromatic N) is 3. The molecular weight excluding hydrogens is 456 g/mol. The maximum absolute atomic E-state index is 13.1. The number of piperidine rings is 1. The number of ether oxygens (including phenoxy) is 1. The lowest BCUT2D eigenvalue weighted by Crippen LogP contribution is -2.41. The molecule has 5 rings (SSSR count). The average Bonchev–Trinajstić information content (AvgIpc) is 3.61. The normalized spacial score (nSPS) is 17.4. The molecule has 1 saturated carbocycles. The third kappa shape index (κ3) is 4.69. The number of carbonyl (C=O) groups excluding carboxylic acids is 1. The molecule has 1 aromatic heterocycles. The molecule has 2 heterocycles. The summed E-state index contributed by atoms with van der Waals surface area (Å²) < 4.78 is 38.1. The minimum absolute atomic E-state index is 0.0998. The Kier molecular flexibility index (Phi) is 6.09. The van der Waals surface area contributed by atoms with Crippen LogP contribution in [0.3, 0.4) is 0 Å². The number of aromatic nitrogens is 2. The summed E-state index contributed by atoms with van der Waals surface area (Å²) in [6.07, 6.45) is 3.06. The van der Waals surface area contributed by atoms with E-state index in [-0.39, 0.29) is 16.7 Å². The van der Waals surface area contributed by atoms with E-state index in [1.807, 2.05) is 0 Å². The van der Waals surface area contributed by atoms with Gasteiger partial charge in [0.05, 0.1) is 12.0 Å². The number of hydrogen-bond donors (Lipinski definition) is 1. The zero-order valence-corrected chi connectivity index (χ0v) is 19.6. The second-order valence-corrected chi connectivity index (χ2v) is 10.6. The summed E-state index contributed by atoms with van der Waals surface area (Å²) in [6.45, 7) is 0.584. The fraction of sp³-hybridized carbons (Fsp3) is 0.375. The fourth-order valence-corrected chi connectivity index (χ4v) is 5.52. The molecule has 2 aromatic carbocycles. The first-order valence-corrected chi connectivity index (χ1v) is 12.8. The lowest BCUT2D eigenvalue weighted by Gasteiger charge is -2.30. The number of methoxy groups -OCH3 is 1. The highest BCUT2D eigenvalue weighted by Crippen LogP contribution is 2.39. The van der Waals surface area contributed by atoms with Gasteiger partial charge in [-0.3, -0.25) is 4.79 Å². The van der Waals surface area contributed by atoms with Gasteiger partial charge in [0, 0.05) is 36.2 Å². The van der Waals surface area contributed by atoms with Gasteiger partial charge >= 0.3 is 0 Å². The maximum Gasteiger partial charge on any atom is 0.243 e. The van der Waals surface area contributed by atoms with Gasteiger partial charge in [0.25, 0.3) is 0 Å². The van der Waals surface area contributed by atoms with Crippen LogP contribution in [0.1, 0.15) is 37.5 Å². The molecule has 0 atom stereocenters. The number of benzene rings is 2. The maximum atomic E-state index is 13.1. The number of anilines is 1. The van der Waals surface area contributed by atoms with E-state index in [1.54, 1.807) is 55.6 Å². The first-order valence-electron chi connectivity index (χ1n) is 11.3. The lowest BCUT2D eigenvalue weighted by atomic mass is 9.97. The van der Waals surface area contributed by atoms with Crippen molar-refractivity contribution in [1.29, 1.82) is 0 Å². The highest BCUT2D eigenvalue weighted by atomic mass is 32.2. The van der Waals surface area contributed by atoms with Crippen molar-refractivity contribution in [1.82, 2.24) is 14.4 Å². The van der Waals surface area contributed by atoms with Crippen LogP contribution in [0.25, 0.3) is 11.4 Å². The van der Waals surface area contributed by atoms with Crippen molar-refractivity contribution >= 4 is 21.6 Å². The van der Waals surface area contributed by atoms with Crippen molar-refractivity contribution in [2.24, 2.45) is 5.92 Å². The van der Waals surface area contributed by atoms with Crippen LogP contribution < -0.4 is 10.1 Å². The Morgan fingerprint density at radius 2 is 1.71 bits per heavy atom. The first-order chi connectivity index (χ1) is 16.4. The van der Waals surface area contributed by atoms with E-state index in [0.717, 1.165) is 12.8 Å². The van der Waals surface area contributed by atoms with Crippen LogP contribution in [0, 0.1) is 5.92 Å². The van der Waals surface area contributed by atoms with Crippen molar-refractivity contribution < 1.29 is 22.5 Å². The summed E-state index contributed by atoms with van der Waals surface area (Å²) in [5.41, 5.74) is 1.40. The van der Waals surface area contributed by atoms with Crippen LogP contribution in [0.15, 0.2) is 57.9 Å². The molecule has 34 heavy (non-hydrogen) atoms. The summed E-state index contributed by atoms with van der Waals surface area (Å²) in [6, 6.07) is 13.7. The van der Waals surface area contributed by atoms with Gasteiger partial charge in [-0.2, -0.15) is 9.29 Å². The molecule has 1 amide bonds. The third-order valence-electron chi connectivity index (χ3n) is 6.30. The average molecular weight is 483 g/mol. The number of carbonyl (C=O) groups is 1. The molecule has 1 aliphatic heterocycles. The molecule has 9 nitrogen and oxygen atoms in total. The molecular formula is C24H26N4O5S. The number of nitrogens with one attached hydrogen (secondary N) is 1. The van der Waals surface area contributed by atoms with Crippen LogP contribution in [0.5, 0.6) is 5.75 Å². The van der Waals surface area contributed by atoms with E-state index < -0.39 is 10.0 Å². The van der Waals surface area contributed by atoms with Crippen molar-refractivity contribution in [2.45, 2.75) is 36.5 Å². The highest BCUT2D eigenvalue weighted by Gasteiger charge is 2.33. The summed E-state index contributed by atoms with van der Waals surface area (Å²) in [5, 5.41) is 6.90. The zero-order valence-electron chi connectivity index (χ0n) is 18.8. The van der Waals surface area contributed by atoms with E-state index in [2.05, 4.69) is 15.5 Å². The van der Waals surface area contributed by atoms with Gasteiger partial charge < -0.3 is 14.6 Å². The standard InChI is InChI=1S/C24H26N4O5S/c1-32-20-8-6-19(7-9-20)25-23(29)17-12-14-28(15-13-17)34(30,31)21-10-4-16(5-11-21)22-26-24(33-27-22)18-2-3-18/h4-11,17-18H,2-3,12-15H2,1H3,(H,25,29). The molecule has 3 aromatic rings. The van der Waals surface area contributed by atoms with Gasteiger partial charge in [-0.05, 0) is 74.2 Å². The predicted octanol–water partition coefficient (Wildman–Crippen LogP) is 3.66. The van der Waals surface area contributed by atoms with Crippen molar-refractivity contribution in [3.63, 3.8) is 0 Å². The summed E-state index contributed by atoms with van der Waals surface area (Å²) in [7, 11) is -2.07. The number of amides is 1. The molecule has 0 bridgehead atoms. The van der Waals surface area contributed by atoms with E-state index in [4.69, 9.17) is 9.26 Å². The van der Waals surface area contributed by atoms with Crippen LogP contribution >= 0.6 is 0 Å². The quantitative estimate of drug-likeness (QED) is 0.546. The van der Waals surface area contributed by atoms with E-state index in [0.29, 0.717) is 60.6 Å². The van der Waals surface area contributed by atoms with Crippen molar-refractivity contribution in [3.05, 3.63) is 54.4 Å². The van der Waals surface area contributed by atoms with Gasteiger partial charge in [-0.15, -0.1) is 0 Å². The smallest absolute Gasteiger partial charge is 0.243 e. The van der Waals surface area contributed by atoms with Gasteiger partial charge in [-0.25, -0.2) is 8.42 Å². The second-order valence-electron chi connectivity index (χ2n) is 8.65. The number of hydrogen-bond acceptors (Lipinski definition) is 7. The topological polar surface area (TPSA) is 115 Å². The van der Waals surface area contributed by atoms with E-state index >= 15 is 0 Å². The Hall–Kier alpha value is -3.24. The number of rotatable bonds is 7. The van der Waals surface area contributed by atoms with Gasteiger partial charge in [0.1, 0.15) is 5.75 Å². The van der Waals surface area contributed by atoms with Crippen molar-refractivity contribution in [2.75, 3.05) is 25.5 Å². The Morgan fingerprint density at radius 3 is 2.32 bits per heavy atom. The zero-order chi connectivity index (χ0) is 23.7. The summed E-state index contributed by atoms with van der Waals surface area (Å²) in [5.74, 6) is 1.85. The van der Waals surface area contributed by atoms with Gasteiger partial charge in [-0.1, -0.05) is 5.16 Å². The van der Waals surface area contributed by atoms with Crippen molar-refractivity contribution in [3.8, 4) is 17.1 Å². The van der Waals surface area contributed by atoms with Crippen LogP contribution in [0.4, 0.5) is 5.69 Å². The molecule has 2 aliphatic rings. The Morgan fingerprint density at radius 1 is 1.03 bits per heavy atom. The van der Waals surface area contributed by atoms with Crippen LogP contribution in [0.2, 0.25) is 0 Å². The van der Waals surface area contributed by atoms with E-state index in [1.165, 1.54) is 4.31 Å². The number of sulfonamides is 1. The molecule has 1 N–H and O–H groups in total. The summed E-state index contributed by atoms with van der Waals surface area (Å²) >= 11 is 0.